The second kappa shape index (κ2) is 18.7. The summed E-state index contributed by atoms with van der Waals surface area (Å²) < 4.78 is 9.37. The van der Waals surface area contributed by atoms with Gasteiger partial charge in [-0.25, -0.2) is 14.4 Å². The molecule has 0 bridgehead atoms. The molecule has 6 N–H and O–H groups in total. The molecule has 0 aliphatic heterocycles. The second-order valence-electron chi connectivity index (χ2n) is 5.19. The molecule has 0 heterocycles. The van der Waals surface area contributed by atoms with Crippen molar-refractivity contribution in [1.29, 1.82) is 0 Å². The predicted octanol–water partition coefficient (Wildman–Crippen LogP) is -0.188. The van der Waals surface area contributed by atoms with Gasteiger partial charge in [-0.1, -0.05) is 24.3 Å². The fourth-order valence-corrected chi connectivity index (χ4v) is 1.77. The summed E-state index contributed by atoms with van der Waals surface area (Å²) in [6.45, 7) is 2.44. The van der Waals surface area contributed by atoms with Gasteiger partial charge in [0.1, 0.15) is 22.6 Å². The molecule has 0 aliphatic carbocycles. The number of esters is 2. The van der Waals surface area contributed by atoms with Gasteiger partial charge in [-0.15, -0.1) is 0 Å². The zero-order chi connectivity index (χ0) is 23.3. The van der Waals surface area contributed by atoms with Gasteiger partial charge in [0.15, 0.2) is 0 Å². The minimum atomic E-state index is -1.11. The monoisotopic (exact) mass is 504 g/mol. The number of ether oxygens (including phenoxy) is 2. The van der Waals surface area contributed by atoms with Crippen LogP contribution in [0.1, 0.15) is 34.6 Å². The first-order valence-corrected chi connectivity index (χ1v) is 8.02. The number of carboxylic acid groups (broad SMARTS) is 2. The van der Waals surface area contributed by atoms with Gasteiger partial charge in [0.25, 0.3) is 0 Å². The van der Waals surface area contributed by atoms with Crippen molar-refractivity contribution in [2.45, 2.75) is 13.8 Å². The molecule has 0 aromatic heterocycles. The molecule has 2 aromatic rings. The van der Waals surface area contributed by atoms with Crippen LogP contribution in [-0.2, 0) is 9.59 Å². The van der Waals surface area contributed by atoms with Crippen LogP contribution in [0.15, 0.2) is 48.5 Å². The number of urea groups is 1. The quantitative estimate of drug-likeness (QED) is 0.248. The van der Waals surface area contributed by atoms with Crippen LogP contribution in [-0.4, -0.2) is 116 Å². The molecule has 0 fully saturated rings. The van der Waals surface area contributed by atoms with E-state index in [1.54, 1.807) is 24.3 Å². The van der Waals surface area contributed by atoms with Gasteiger partial charge >= 0.3 is 105 Å². The third kappa shape index (κ3) is 15.8. The molecule has 2 amide bonds. The zero-order valence-electron chi connectivity index (χ0n) is 16.0. The van der Waals surface area contributed by atoms with E-state index >= 15 is 0 Å². The molecule has 0 saturated carbocycles. The molecule has 0 saturated heterocycles. The minimum absolute atomic E-state index is 0. The number of nitrogens with two attached hydrogens (primary N) is 2. The average molecular weight is 505 g/mol. The molecule has 13 heteroatoms. The van der Waals surface area contributed by atoms with Crippen molar-refractivity contribution in [3.8, 4) is 11.5 Å². The van der Waals surface area contributed by atoms with E-state index in [1.165, 1.54) is 38.1 Å². The Bertz CT molecular complexity index is 863. The third-order valence-corrected chi connectivity index (χ3v) is 2.74. The Kier molecular flexibility index (Phi) is 20.2. The number of hydrogen-bond acceptors (Lipinski definition) is 7. The normalized spacial score (nSPS) is 8.31. The van der Waals surface area contributed by atoms with Crippen LogP contribution < -0.4 is 20.9 Å². The van der Waals surface area contributed by atoms with Crippen molar-refractivity contribution in [2.75, 3.05) is 0 Å². The maximum atomic E-state index is 10.6. The van der Waals surface area contributed by atoms with E-state index < -0.39 is 29.9 Å². The Morgan fingerprint density at radius 1 is 0.656 bits per heavy atom. The molecule has 32 heavy (non-hydrogen) atoms. The molecule has 2 aromatic carbocycles. The molecular weight excluding hydrogens is 480 g/mol. The van der Waals surface area contributed by atoms with Gasteiger partial charge < -0.3 is 31.2 Å². The molecule has 0 atom stereocenters. The summed E-state index contributed by atoms with van der Waals surface area (Å²) in [6.07, 6.45) is 0. The zero-order valence-corrected chi connectivity index (χ0v) is 16.0. The number of aromatic carboxylic acids is 2. The summed E-state index contributed by atoms with van der Waals surface area (Å²) in [7, 11) is 0. The van der Waals surface area contributed by atoms with Crippen LogP contribution >= 0.6 is 0 Å². The standard InChI is InChI=1S/2C9H8O4.CH4N2O.2Ca.4H/c2*1-6(10)13-8-5-3-2-4-7(8)9(11)12;2-1(3)4;;;;;;/h2*2-5H,1H3,(H,11,12);(H4,2,3,4);;;;;;. The Hall–Kier alpha value is -1.89. The van der Waals surface area contributed by atoms with Crippen LogP contribution in [0.4, 0.5) is 4.79 Å². The number of carboxylic acids is 2. The summed E-state index contributed by atoms with van der Waals surface area (Å²) >= 11 is 0. The fraction of sp³-hybridized carbons (Fsp3) is 0.105. The van der Waals surface area contributed by atoms with Crippen molar-refractivity contribution in [1.82, 2.24) is 0 Å². The van der Waals surface area contributed by atoms with Crippen molar-refractivity contribution in [2.24, 2.45) is 11.5 Å². The van der Waals surface area contributed by atoms with Crippen molar-refractivity contribution in [3.05, 3.63) is 59.7 Å². The Morgan fingerprint density at radius 3 is 1.12 bits per heavy atom. The summed E-state index contributed by atoms with van der Waals surface area (Å²) in [6, 6.07) is 11.1. The molecular formula is C19H24Ca2N2O9. The van der Waals surface area contributed by atoms with E-state index in [0.717, 1.165) is 0 Å². The van der Waals surface area contributed by atoms with E-state index in [2.05, 4.69) is 20.9 Å². The number of para-hydroxylation sites is 2. The first kappa shape index (κ1) is 34.7. The van der Waals surface area contributed by atoms with Gasteiger partial charge in [0, 0.05) is 13.8 Å². The summed E-state index contributed by atoms with van der Waals surface area (Å²) in [5.41, 5.74) is 8.47. The Labute approximate surface area is 243 Å². The maximum absolute atomic E-state index is 10.6. The predicted molar refractivity (Wildman–Crippen MR) is 120 cm³/mol. The summed E-state index contributed by atoms with van der Waals surface area (Å²) in [5, 5.41) is 17.4. The van der Waals surface area contributed by atoms with E-state index in [-0.39, 0.29) is 98.1 Å². The Morgan fingerprint density at radius 2 is 0.906 bits per heavy atom. The molecule has 0 spiro atoms. The Balaban J connectivity index is -0.000000428. The molecule has 0 radical (unpaired) electrons. The second-order valence-corrected chi connectivity index (χ2v) is 5.19. The first-order chi connectivity index (χ1) is 14.0. The average Bonchev–Trinajstić information content (AvgIpc) is 2.61. The topological polar surface area (TPSA) is 196 Å². The molecule has 0 unspecified atom stereocenters. The van der Waals surface area contributed by atoms with Crippen LogP contribution in [0.2, 0.25) is 0 Å². The van der Waals surface area contributed by atoms with E-state index in [1.807, 2.05) is 0 Å². The van der Waals surface area contributed by atoms with Crippen molar-refractivity contribution < 1.29 is 43.7 Å². The van der Waals surface area contributed by atoms with Gasteiger partial charge in [0.2, 0.25) is 0 Å². The number of primary amides is 2. The first-order valence-electron chi connectivity index (χ1n) is 8.02. The van der Waals surface area contributed by atoms with Crippen LogP contribution in [0.3, 0.4) is 0 Å². The number of amides is 2. The van der Waals surface area contributed by atoms with Crippen LogP contribution in [0.5, 0.6) is 11.5 Å². The fourth-order valence-electron chi connectivity index (χ4n) is 1.77. The van der Waals surface area contributed by atoms with Gasteiger partial charge in [-0.3, -0.25) is 9.59 Å². The van der Waals surface area contributed by atoms with E-state index in [4.69, 9.17) is 15.0 Å². The van der Waals surface area contributed by atoms with E-state index in [9.17, 15) is 19.2 Å². The van der Waals surface area contributed by atoms with Crippen LogP contribution in [0.25, 0.3) is 0 Å². The summed E-state index contributed by atoms with van der Waals surface area (Å²) in [4.78, 5) is 51.4. The number of carbonyl (C=O) groups is 5. The number of hydrogen-bond donors (Lipinski definition) is 4. The van der Waals surface area contributed by atoms with Crippen molar-refractivity contribution in [3.63, 3.8) is 0 Å². The summed E-state index contributed by atoms with van der Waals surface area (Å²) in [5.74, 6) is -3.15. The molecule has 0 aliphatic rings. The van der Waals surface area contributed by atoms with Crippen molar-refractivity contribution >= 4 is 105 Å². The number of rotatable bonds is 4. The number of carbonyl (C=O) groups excluding carboxylic acids is 3. The SMILES string of the molecule is CC(=O)Oc1ccccc1C(=O)O.CC(=O)Oc1ccccc1C(=O)O.NC(N)=O.[CaH2].[CaH2]. The van der Waals surface area contributed by atoms with E-state index in [0.29, 0.717) is 0 Å². The molecule has 168 valence electrons. The van der Waals surface area contributed by atoms with Gasteiger partial charge in [-0.05, 0) is 24.3 Å². The van der Waals surface area contributed by atoms with Crippen LogP contribution in [0, 0.1) is 0 Å². The van der Waals surface area contributed by atoms with Gasteiger partial charge in [-0.2, -0.15) is 0 Å². The third-order valence-electron chi connectivity index (χ3n) is 2.74. The molecule has 11 nitrogen and oxygen atoms in total. The number of benzene rings is 2. The molecule has 2 rings (SSSR count). The van der Waals surface area contributed by atoms with Gasteiger partial charge in [0.05, 0.1) is 0 Å².